The van der Waals surface area contributed by atoms with Crippen molar-refractivity contribution in [1.82, 2.24) is 9.80 Å². The van der Waals surface area contributed by atoms with Crippen molar-refractivity contribution in [2.75, 3.05) is 26.2 Å². The van der Waals surface area contributed by atoms with Crippen LogP contribution in [0.3, 0.4) is 0 Å². The Morgan fingerprint density at radius 3 is 2.24 bits per heavy atom. The van der Waals surface area contributed by atoms with Gasteiger partial charge in [0.25, 0.3) is 0 Å². The molecule has 0 aromatic rings. The number of hydrogen-bond acceptors (Lipinski definition) is 3. The van der Waals surface area contributed by atoms with Crippen LogP contribution in [0.25, 0.3) is 0 Å². The molecule has 4 nitrogen and oxygen atoms in total. The number of aliphatic carboxylic acids is 1. The van der Waals surface area contributed by atoms with Gasteiger partial charge in [0.15, 0.2) is 0 Å². The third-order valence-electron chi connectivity index (χ3n) is 5.44. The summed E-state index contributed by atoms with van der Waals surface area (Å²) >= 11 is 0. The quantitative estimate of drug-likeness (QED) is 0.866. The van der Waals surface area contributed by atoms with E-state index in [1.54, 1.807) is 0 Å². The van der Waals surface area contributed by atoms with E-state index in [4.69, 9.17) is 0 Å². The highest BCUT2D eigenvalue weighted by molar-refractivity contribution is 5.68. The molecule has 2 aliphatic rings. The summed E-state index contributed by atoms with van der Waals surface area (Å²) in [5.74, 6) is -0.628. The Morgan fingerprint density at radius 1 is 1.00 bits per heavy atom. The lowest BCUT2D eigenvalue weighted by Gasteiger charge is -2.43. The molecule has 0 saturated carbocycles. The second-order valence-electron chi connectivity index (χ2n) is 7.18. The Hall–Kier alpha value is -0.610. The molecule has 0 aromatic carbocycles. The van der Waals surface area contributed by atoms with Crippen molar-refractivity contribution < 1.29 is 9.90 Å². The summed E-state index contributed by atoms with van der Waals surface area (Å²) in [5, 5.41) is 9.46. The molecule has 0 bridgehead atoms. The van der Waals surface area contributed by atoms with E-state index in [0.717, 1.165) is 45.4 Å². The van der Waals surface area contributed by atoms with Gasteiger partial charge in [-0.15, -0.1) is 0 Å². The lowest BCUT2D eigenvalue weighted by Crippen LogP contribution is -2.51. The van der Waals surface area contributed by atoms with Gasteiger partial charge in [-0.2, -0.15) is 0 Å². The van der Waals surface area contributed by atoms with Gasteiger partial charge >= 0.3 is 5.97 Å². The number of carbonyl (C=O) groups is 1. The molecule has 2 fully saturated rings. The first-order valence-corrected chi connectivity index (χ1v) is 8.74. The predicted octanol–water partition coefficient (Wildman–Crippen LogP) is 2.97. The van der Waals surface area contributed by atoms with Crippen molar-refractivity contribution >= 4 is 5.97 Å². The monoisotopic (exact) mass is 296 g/mol. The molecule has 1 atom stereocenters. The molecule has 1 unspecified atom stereocenters. The van der Waals surface area contributed by atoms with Crippen molar-refractivity contribution in [3.05, 3.63) is 0 Å². The Labute approximate surface area is 129 Å². The average Bonchev–Trinajstić information content (AvgIpc) is 2.79. The Morgan fingerprint density at radius 2 is 1.67 bits per heavy atom. The third-order valence-corrected chi connectivity index (χ3v) is 5.44. The minimum Gasteiger partial charge on any atom is -0.481 e. The van der Waals surface area contributed by atoms with E-state index in [2.05, 4.69) is 23.6 Å². The smallest absolute Gasteiger partial charge is 0.305 e. The summed E-state index contributed by atoms with van der Waals surface area (Å²) in [6.07, 6.45) is 8.57. The van der Waals surface area contributed by atoms with Gasteiger partial charge < -0.3 is 10.0 Å². The molecule has 1 N–H and O–H groups in total. The van der Waals surface area contributed by atoms with E-state index < -0.39 is 5.97 Å². The van der Waals surface area contributed by atoms with E-state index in [1.165, 1.54) is 25.7 Å². The largest absolute Gasteiger partial charge is 0.481 e. The maximum atomic E-state index is 11.5. The van der Waals surface area contributed by atoms with E-state index in [0.29, 0.717) is 12.5 Å². The first-order chi connectivity index (χ1) is 10.0. The van der Waals surface area contributed by atoms with Crippen LogP contribution in [-0.4, -0.2) is 58.6 Å². The van der Waals surface area contributed by atoms with Crippen LogP contribution in [0.4, 0.5) is 0 Å². The number of rotatable bonds is 4. The van der Waals surface area contributed by atoms with E-state index in [-0.39, 0.29) is 5.54 Å². The van der Waals surface area contributed by atoms with Crippen molar-refractivity contribution in [2.24, 2.45) is 0 Å². The molecule has 2 rings (SSSR count). The molecule has 0 radical (unpaired) electrons. The lowest BCUT2D eigenvalue weighted by atomic mass is 9.84. The molecule has 2 aliphatic heterocycles. The van der Waals surface area contributed by atoms with Gasteiger partial charge in [-0.3, -0.25) is 9.69 Å². The van der Waals surface area contributed by atoms with Gasteiger partial charge in [0.2, 0.25) is 0 Å². The molecule has 2 saturated heterocycles. The normalized spacial score (nSPS) is 30.0. The fourth-order valence-electron chi connectivity index (χ4n) is 4.15. The zero-order chi connectivity index (χ0) is 15.3. The number of hydrogen-bond donors (Lipinski definition) is 1. The number of nitrogens with zero attached hydrogens (tertiary/aromatic N) is 2. The predicted molar refractivity (Wildman–Crippen MR) is 85.6 cm³/mol. The zero-order valence-electron chi connectivity index (χ0n) is 13.8. The van der Waals surface area contributed by atoms with E-state index in [9.17, 15) is 9.90 Å². The minimum absolute atomic E-state index is 0.0974. The van der Waals surface area contributed by atoms with Crippen molar-refractivity contribution in [3.63, 3.8) is 0 Å². The summed E-state index contributed by atoms with van der Waals surface area (Å²) in [5.41, 5.74) is -0.0974. The Balaban J connectivity index is 2.13. The van der Waals surface area contributed by atoms with Crippen LogP contribution in [0.2, 0.25) is 0 Å². The summed E-state index contributed by atoms with van der Waals surface area (Å²) in [6.45, 7) is 8.84. The third kappa shape index (κ3) is 4.43. The van der Waals surface area contributed by atoms with Crippen LogP contribution in [0.1, 0.15) is 65.2 Å². The standard InChI is InChI=1S/C17H32N2O2/c1-15(2)18-10-7-8-17(9-13-18,14-16(20)21)19-11-5-3-4-6-12-19/h15H,3-14H2,1-2H3,(H,20,21). The maximum Gasteiger partial charge on any atom is 0.305 e. The van der Waals surface area contributed by atoms with Crippen LogP contribution < -0.4 is 0 Å². The number of carboxylic acids is 1. The highest BCUT2D eigenvalue weighted by Crippen LogP contribution is 2.34. The van der Waals surface area contributed by atoms with Gasteiger partial charge in [-0.05, 0) is 65.6 Å². The highest BCUT2D eigenvalue weighted by Gasteiger charge is 2.40. The summed E-state index contributed by atoms with van der Waals surface area (Å²) in [7, 11) is 0. The van der Waals surface area contributed by atoms with Crippen LogP contribution in [0.15, 0.2) is 0 Å². The molecule has 21 heavy (non-hydrogen) atoms. The van der Waals surface area contributed by atoms with Gasteiger partial charge in [-0.1, -0.05) is 12.8 Å². The van der Waals surface area contributed by atoms with Crippen molar-refractivity contribution in [1.29, 1.82) is 0 Å². The summed E-state index contributed by atoms with van der Waals surface area (Å²) in [6, 6.07) is 0.565. The van der Waals surface area contributed by atoms with Crippen molar-refractivity contribution in [3.8, 4) is 0 Å². The molecule has 4 heteroatoms. The number of carboxylic acid groups (broad SMARTS) is 1. The van der Waals surface area contributed by atoms with Crippen LogP contribution in [-0.2, 0) is 4.79 Å². The van der Waals surface area contributed by atoms with Crippen LogP contribution in [0.5, 0.6) is 0 Å². The molecule has 2 heterocycles. The fourth-order valence-corrected chi connectivity index (χ4v) is 4.15. The van der Waals surface area contributed by atoms with Crippen LogP contribution >= 0.6 is 0 Å². The summed E-state index contributed by atoms with van der Waals surface area (Å²) < 4.78 is 0. The molecule has 0 amide bonds. The molecular formula is C17H32N2O2. The average molecular weight is 296 g/mol. The van der Waals surface area contributed by atoms with E-state index in [1.807, 2.05) is 0 Å². The summed E-state index contributed by atoms with van der Waals surface area (Å²) in [4.78, 5) is 16.5. The number of likely N-dealkylation sites (tertiary alicyclic amines) is 2. The van der Waals surface area contributed by atoms with Gasteiger partial charge in [0.1, 0.15) is 0 Å². The van der Waals surface area contributed by atoms with Gasteiger partial charge in [0, 0.05) is 18.1 Å². The second-order valence-corrected chi connectivity index (χ2v) is 7.18. The SMILES string of the molecule is CC(C)N1CCCC(CC(=O)O)(N2CCCCCC2)CC1. The second kappa shape index (κ2) is 7.59. The topological polar surface area (TPSA) is 43.8 Å². The first-order valence-electron chi connectivity index (χ1n) is 8.74. The van der Waals surface area contributed by atoms with E-state index >= 15 is 0 Å². The van der Waals surface area contributed by atoms with Crippen LogP contribution in [0, 0.1) is 0 Å². The molecular weight excluding hydrogens is 264 g/mol. The lowest BCUT2D eigenvalue weighted by molar-refractivity contribution is -0.141. The molecule has 122 valence electrons. The zero-order valence-corrected chi connectivity index (χ0v) is 13.8. The highest BCUT2D eigenvalue weighted by atomic mass is 16.4. The van der Waals surface area contributed by atoms with Gasteiger partial charge in [-0.25, -0.2) is 0 Å². The Bertz CT molecular complexity index is 338. The minimum atomic E-state index is -0.628. The fraction of sp³-hybridized carbons (Fsp3) is 0.941. The molecule has 0 aromatic heterocycles. The first kappa shape index (κ1) is 16.8. The molecule has 0 spiro atoms. The van der Waals surface area contributed by atoms with Gasteiger partial charge in [0.05, 0.1) is 6.42 Å². The van der Waals surface area contributed by atoms with Crippen molar-refractivity contribution in [2.45, 2.75) is 76.8 Å². The molecule has 0 aliphatic carbocycles. The Kier molecular flexibility index (Phi) is 6.06. The maximum absolute atomic E-state index is 11.5.